The summed E-state index contributed by atoms with van der Waals surface area (Å²) >= 11 is 1.20. The Bertz CT molecular complexity index is 1000. The minimum atomic E-state index is -0.137. The van der Waals surface area contributed by atoms with Crippen LogP contribution in [0.4, 0.5) is 11.4 Å². The van der Waals surface area contributed by atoms with E-state index < -0.39 is 0 Å². The van der Waals surface area contributed by atoms with Crippen LogP contribution in [-0.2, 0) is 9.53 Å². The number of ether oxygens (including phenoxy) is 2. The molecule has 4 rings (SSSR count). The van der Waals surface area contributed by atoms with Crippen molar-refractivity contribution >= 4 is 29.0 Å². The zero-order valence-electron chi connectivity index (χ0n) is 16.5. The Morgan fingerprint density at radius 3 is 2.83 bits per heavy atom. The molecule has 2 aromatic carbocycles. The first-order valence-corrected chi connectivity index (χ1v) is 10.5. The first-order chi connectivity index (χ1) is 14.7. The second-order valence-corrected chi connectivity index (χ2v) is 7.49. The summed E-state index contributed by atoms with van der Waals surface area (Å²) in [4.78, 5) is 14.7. The van der Waals surface area contributed by atoms with Crippen molar-refractivity contribution in [3.8, 4) is 17.2 Å². The van der Waals surface area contributed by atoms with Crippen LogP contribution in [0.5, 0.6) is 5.75 Å². The lowest BCUT2D eigenvalue weighted by atomic mass is 10.2. The number of aromatic nitrogens is 2. The molecule has 8 nitrogen and oxygen atoms in total. The molecule has 30 heavy (non-hydrogen) atoms. The van der Waals surface area contributed by atoms with Crippen LogP contribution in [0, 0.1) is 0 Å². The van der Waals surface area contributed by atoms with E-state index in [0.717, 1.165) is 30.0 Å². The summed E-state index contributed by atoms with van der Waals surface area (Å²) in [5.74, 6) is 1.12. The number of rotatable bonds is 7. The largest absolute Gasteiger partial charge is 0.497 e. The van der Waals surface area contributed by atoms with E-state index in [1.807, 2.05) is 48.5 Å². The van der Waals surface area contributed by atoms with Gasteiger partial charge in [-0.2, -0.15) is 0 Å². The summed E-state index contributed by atoms with van der Waals surface area (Å²) in [5, 5.41) is 11.4. The number of para-hydroxylation sites is 2. The van der Waals surface area contributed by atoms with Gasteiger partial charge < -0.3 is 24.1 Å². The highest BCUT2D eigenvalue weighted by Crippen LogP contribution is 2.28. The van der Waals surface area contributed by atoms with Gasteiger partial charge in [0.1, 0.15) is 5.75 Å². The van der Waals surface area contributed by atoms with Crippen molar-refractivity contribution in [1.29, 1.82) is 0 Å². The fourth-order valence-corrected chi connectivity index (χ4v) is 3.68. The van der Waals surface area contributed by atoms with E-state index >= 15 is 0 Å². The zero-order valence-corrected chi connectivity index (χ0v) is 17.4. The summed E-state index contributed by atoms with van der Waals surface area (Å²) in [6.45, 7) is 2.98. The van der Waals surface area contributed by atoms with Gasteiger partial charge in [0.25, 0.3) is 5.22 Å². The topological polar surface area (TPSA) is 89.7 Å². The molecule has 1 N–H and O–H groups in total. The second kappa shape index (κ2) is 9.64. The molecule has 2 heterocycles. The van der Waals surface area contributed by atoms with Crippen LogP contribution in [0.3, 0.4) is 0 Å². The number of benzene rings is 2. The van der Waals surface area contributed by atoms with Gasteiger partial charge in [-0.1, -0.05) is 30.0 Å². The van der Waals surface area contributed by atoms with Crippen molar-refractivity contribution in [1.82, 2.24) is 10.2 Å². The number of carbonyl (C=O) groups excluding carboxylic acids is 1. The number of anilines is 2. The standard InChI is InChI=1S/C21H22N4O4S/c1-27-16-6-4-5-15(13-16)20-23-24-21(29-20)30-14-19(26)22-17-7-2-3-8-18(17)25-9-11-28-12-10-25/h2-8,13H,9-12,14H2,1H3,(H,22,26). The summed E-state index contributed by atoms with van der Waals surface area (Å²) in [5.41, 5.74) is 2.54. The maximum absolute atomic E-state index is 12.5. The third-order valence-corrected chi connectivity index (χ3v) is 5.40. The van der Waals surface area contributed by atoms with Gasteiger partial charge in [0, 0.05) is 18.7 Å². The number of carbonyl (C=O) groups is 1. The van der Waals surface area contributed by atoms with Crippen molar-refractivity contribution in [3.63, 3.8) is 0 Å². The number of nitrogens with one attached hydrogen (secondary N) is 1. The van der Waals surface area contributed by atoms with E-state index in [2.05, 4.69) is 20.4 Å². The lowest BCUT2D eigenvalue weighted by molar-refractivity contribution is -0.113. The quantitative estimate of drug-likeness (QED) is 0.576. The summed E-state index contributed by atoms with van der Waals surface area (Å²) in [6, 6.07) is 15.2. The van der Waals surface area contributed by atoms with Gasteiger partial charge in [0.05, 0.1) is 37.5 Å². The van der Waals surface area contributed by atoms with Crippen molar-refractivity contribution < 1.29 is 18.7 Å². The monoisotopic (exact) mass is 426 g/mol. The van der Waals surface area contributed by atoms with Crippen LogP contribution in [-0.4, -0.2) is 55.3 Å². The highest BCUT2D eigenvalue weighted by atomic mass is 32.2. The van der Waals surface area contributed by atoms with E-state index in [4.69, 9.17) is 13.9 Å². The van der Waals surface area contributed by atoms with E-state index in [9.17, 15) is 4.79 Å². The van der Waals surface area contributed by atoms with Crippen LogP contribution in [0.15, 0.2) is 58.2 Å². The predicted octanol–water partition coefficient (Wildman–Crippen LogP) is 3.31. The number of morpholine rings is 1. The molecule has 1 aromatic heterocycles. The van der Waals surface area contributed by atoms with Crippen LogP contribution >= 0.6 is 11.8 Å². The Balaban J connectivity index is 1.36. The van der Waals surface area contributed by atoms with E-state index in [-0.39, 0.29) is 11.7 Å². The molecule has 0 unspecified atom stereocenters. The van der Waals surface area contributed by atoms with Crippen LogP contribution in [0.1, 0.15) is 0 Å². The predicted molar refractivity (Wildman–Crippen MR) is 115 cm³/mol. The maximum Gasteiger partial charge on any atom is 0.277 e. The number of thioether (sulfide) groups is 1. The normalized spacial score (nSPS) is 13.8. The van der Waals surface area contributed by atoms with Crippen molar-refractivity contribution in [2.24, 2.45) is 0 Å². The second-order valence-electron chi connectivity index (χ2n) is 6.56. The molecule has 0 saturated carbocycles. The molecule has 0 atom stereocenters. The zero-order chi connectivity index (χ0) is 20.8. The Morgan fingerprint density at radius 2 is 2.00 bits per heavy atom. The van der Waals surface area contributed by atoms with Crippen LogP contribution < -0.4 is 15.0 Å². The van der Waals surface area contributed by atoms with Crippen molar-refractivity contribution in [2.45, 2.75) is 5.22 Å². The minimum Gasteiger partial charge on any atom is -0.497 e. The Morgan fingerprint density at radius 1 is 1.17 bits per heavy atom. The average molecular weight is 426 g/mol. The Kier molecular flexibility index (Phi) is 6.50. The first-order valence-electron chi connectivity index (χ1n) is 9.55. The molecule has 1 fully saturated rings. The third-order valence-electron chi connectivity index (χ3n) is 4.58. The summed E-state index contributed by atoms with van der Waals surface area (Å²) < 4.78 is 16.3. The highest BCUT2D eigenvalue weighted by Gasteiger charge is 2.17. The summed E-state index contributed by atoms with van der Waals surface area (Å²) in [6.07, 6.45) is 0. The maximum atomic E-state index is 12.5. The SMILES string of the molecule is COc1cccc(-c2nnc(SCC(=O)Nc3ccccc3N3CCOCC3)o2)c1. The Hall–Kier alpha value is -3.04. The molecule has 0 spiro atoms. The van der Waals surface area contributed by atoms with Gasteiger partial charge in [-0.05, 0) is 30.3 Å². The molecule has 0 radical (unpaired) electrons. The van der Waals surface area contributed by atoms with Gasteiger partial charge in [0.15, 0.2) is 0 Å². The fourth-order valence-electron chi connectivity index (χ4n) is 3.11. The molecule has 1 saturated heterocycles. The first kappa shape index (κ1) is 20.2. The molecule has 1 aliphatic rings. The lowest BCUT2D eigenvalue weighted by Crippen LogP contribution is -2.36. The number of amides is 1. The number of methoxy groups -OCH3 is 1. The van der Waals surface area contributed by atoms with Crippen molar-refractivity contribution in [2.75, 3.05) is 49.4 Å². The molecule has 3 aromatic rings. The van der Waals surface area contributed by atoms with Crippen LogP contribution in [0.25, 0.3) is 11.5 Å². The van der Waals surface area contributed by atoms with Crippen LogP contribution in [0.2, 0.25) is 0 Å². The number of hydrogen-bond acceptors (Lipinski definition) is 8. The average Bonchev–Trinajstić information content (AvgIpc) is 3.28. The smallest absolute Gasteiger partial charge is 0.277 e. The molecule has 0 aliphatic carbocycles. The molecule has 1 amide bonds. The third kappa shape index (κ3) is 4.92. The Labute approximate surface area is 178 Å². The summed E-state index contributed by atoms with van der Waals surface area (Å²) in [7, 11) is 1.60. The minimum absolute atomic E-state index is 0.137. The highest BCUT2D eigenvalue weighted by molar-refractivity contribution is 7.99. The molecule has 0 bridgehead atoms. The fraction of sp³-hybridized carbons (Fsp3) is 0.286. The molecular formula is C21H22N4O4S. The van der Waals surface area contributed by atoms with Gasteiger partial charge >= 0.3 is 0 Å². The molecule has 156 valence electrons. The van der Waals surface area contributed by atoms with Gasteiger partial charge in [-0.15, -0.1) is 10.2 Å². The molecular weight excluding hydrogens is 404 g/mol. The number of nitrogens with zero attached hydrogens (tertiary/aromatic N) is 3. The van der Waals surface area contributed by atoms with Gasteiger partial charge in [-0.3, -0.25) is 4.79 Å². The van der Waals surface area contributed by atoms with Gasteiger partial charge in [-0.25, -0.2) is 0 Å². The lowest BCUT2D eigenvalue weighted by Gasteiger charge is -2.30. The van der Waals surface area contributed by atoms with Gasteiger partial charge in [0.2, 0.25) is 11.8 Å². The van der Waals surface area contributed by atoms with Crippen molar-refractivity contribution in [3.05, 3.63) is 48.5 Å². The number of hydrogen-bond donors (Lipinski definition) is 1. The molecule has 9 heteroatoms. The van der Waals surface area contributed by atoms with E-state index in [1.165, 1.54) is 11.8 Å². The van der Waals surface area contributed by atoms with E-state index in [0.29, 0.717) is 30.1 Å². The molecule has 1 aliphatic heterocycles. The van der Waals surface area contributed by atoms with E-state index in [1.54, 1.807) is 7.11 Å².